The number of aliphatic hydroxyl groups excluding tert-OH is 1. The molecule has 2 aromatic rings. The number of rotatable bonds is 8. The minimum Gasteiger partial charge on any atom is -0.391 e. The topological polar surface area (TPSA) is 134 Å². The van der Waals surface area contributed by atoms with Gasteiger partial charge in [0.15, 0.2) is 9.84 Å². The first-order valence-electron chi connectivity index (χ1n) is 12.8. The largest absolute Gasteiger partial charge is 0.391 e. The molecule has 1 aromatic heterocycles. The minimum atomic E-state index is -3.62. The van der Waals surface area contributed by atoms with Crippen LogP contribution in [0.5, 0.6) is 0 Å². The summed E-state index contributed by atoms with van der Waals surface area (Å²) < 4.78 is 27.2. The van der Waals surface area contributed by atoms with E-state index in [4.69, 9.17) is 0 Å². The van der Waals surface area contributed by atoms with Crippen LogP contribution in [0.1, 0.15) is 70.2 Å². The lowest BCUT2D eigenvalue weighted by Crippen LogP contribution is -2.52. The summed E-state index contributed by atoms with van der Waals surface area (Å²) in [6, 6.07) is 4.25. The summed E-state index contributed by atoms with van der Waals surface area (Å²) in [7, 11) is -3.62. The van der Waals surface area contributed by atoms with Gasteiger partial charge in [-0.1, -0.05) is 43.7 Å². The van der Waals surface area contributed by atoms with E-state index >= 15 is 0 Å². The van der Waals surface area contributed by atoms with Crippen molar-refractivity contribution in [1.82, 2.24) is 25.2 Å². The van der Waals surface area contributed by atoms with E-state index in [1.807, 2.05) is 33.9 Å². The van der Waals surface area contributed by atoms with Gasteiger partial charge in [0.05, 0.1) is 22.4 Å². The zero-order chi connectivity index (χ0) is 27.1. The molecule has 2 aliphatic rings. The van der Waals surface area contributed by atoms with Crippen LogP contribution < -0.4 is 5.32 Å². The highest BCUT2D eigenvalue weighted by molar-refractivity contribution is 7.91. The third-order valence-electron chi connectivity index (χ3n) is 6.95. The highest BCUT2D eigenvalue weighted by Crippen LogP contribution is 2.40. The zero-order valence-electron chi connectivity index (χ0n) is 22.1. The molecule has 0 spiro atoms. The van der Waals surface area contributed by atoms with Crippen molar-refractivity contribution in [3.05, 3.63) is 41.7 Å². The third kappa shape index (κ3) is 6.20. The Morgan fingerprint density at radius 1 is 1.19 bits per heavy atom. The molecule has 1 aliphatic carbocycles. The van der Waals surface area contributed by atoms with Crippen LogP contribution in [0, 0.1) is 12.3 Å². The van der Waals surface area contributed by atoms with Crippen molar-refractivity contribution in [1.29, 1.82) is 0 Å². The van der Waals surface area contributed by atoms with E-state index in [0.29, 0.717) is 5.92 Å². The second-order valence-electron chi connectivity index (χ2n) is 11.6. The molecule has 1 saturated carbocycles. The Morgan fingerprint density at radius 3 is 2.43 bits per heavy atom. The van der Waals surface area contributed by atoms with E-state index in [0.717, 1.165) is 24.1 Å². The Kier molecular flexibility index (Phi) is 7.49. The first kappa shape index (κ1) is 27.3. The summed E-state index contributed by atoms with van der Waals surface area (Å²) in [5.41, 5.74) is 1.28. The van der Waals surface area contributed by atoms with Crippen molar-refractivity contribution >= 4 is 21.7 Å². The first-order chi connectivity index (χ1) is 17.3. The maximum Gasteiger partial charge on any atom is 0.248 e. The molecule has 10 nitrogen and oxygen atoms in total. The summed E-state index contributed by atoms with van der Waals surface area (Å²) in [5.74, 6) is -0.703. The summed E-state index contributed by atoms with van der Waals surface area (Å²) in [6.45, 7) is 9.29. The van der Waals surface area contributed by atoms with Crippen molar-refractivity contribution in [2.24, 2.45) is 5.41 Å². The van der Waals surface area contributed by atoms with Crippen LogP contribution >= 0.6 is 0 Å². The van der Waals surface area contributed by atoms with Crippen molar-refractivity contribution in [2.75, 3.05) is 12.3 Å². The van der Waals surface area contributed by atoms with E-state index in [1.165, 1.54) is 4.90 Å². The number of likely N-dealkylation sites (tertiary alicyclic amines) is 1. The number of hydrogen-bond donors (Lipinski definition) is 2. The highest BCUT2D eigenvalue weighted by Gasteiger charge is 2.45. The fourth-order valence-electron chi connectivity index (χ4n) is 4.88. The number of hydrogen-bond acceptors (Lipinski definition) is 7. The lowest BCUT2D eigenvalue weighted by Gasteiger charge is -2.34. The summed E-state index contributed by atoms with van der Waals surface area (Å²) >= 11 is 0. The molecule has 11 heteroatoms. The molecule has 1 aromatic carbocycles. The molecule has 0 radical (unpaired) electrons. The van der Waals surface area contributed by atoms with Crippen LogP contribution in [-0.4, -0.2) is 75.7 Å². The average Bonchev–Trinajstić information content (AvgIpc) is 3.39. The number of β-amino-alcohol motifs (C(OH)–C–C–N with tert-alkyl or cyclic N) is 1. The Bertz CT molecular complexity index is 1250. The van der Waals surface area contributed by atoms with E-state index in [2.05, 4.69) is 15.6 Å². The Hall–Kier alpha value is -2.79. The summed E-state index contributed by atoms with van der Waals surface area (Å²) in [6.07, 6.45) is 3.16. The Morgan fingerprint density at radius 2 is 1.84 bits per heavy atom. The number of benzene rings is 1. The number of aliphatic hydroxyl groups is 1. The SMILES string of the molecule is Cc1ccc(S(=O)(=O)CC(C)NC(=O)[C@H]2C[C@H](O)CN2C(=O)[C@H](n2cc(C3CC3)nn2)C(C)(C)C)cc1. The van der Waals surface area contributed by atoms with Gasteiger partial charge in [-0.3, -0.25) is 9.59 Å². The van der Waals surface area contributed by atoms with Gasteiger partial charge in [-0.25, -0.2) is 13.1 Å². The Balaban J connectivity index is 1.48. The molecule has 2 N–H and O–H groups in total. The van der Waals surface area contributed by atoms with E-state index in [1.54, 1.807) is 35.9 Å². The molecule has 1 aliphatic heterocycles. The van der Waals surface area contributed by atoms with Crippen LogP contribution in [0.2, 0.25) is 0 Å². The number of aromatic nitrogens is 3. The predicted molar refractivity (Wildman–Crippen MR) is 137 cm³/mol. The number of nitrogens with zero attached hydrogens (tertiary/aromatic N) is 4. The molecule has 2 amide bonds. The molecule has 1 saturated heterocycles. The zero-order valence-corrected chi connectivity index (χ0v) is 22.9. The molecule has 2 fully saturated rings. The van der Waals surface area contributed by atoms with Gasteiger partial charge >= 0.3 is 0 Å². The number of nitrogens with one attached hydrogen (secondary N) is 1. The number of aryl methyl sites for hydroxylation is 1. The maximum absolute atomic E-state index is 13.8. The smallest absolute Gasteiger partial charge is 0.248 e. The van der Waals surface area contributed by atoms with Gasteiger partial charge in [0.1, 0.15) is 12.1 Å². The van der Waals surface area contributed by atoms with E-state index in [-0.39, 0.29) is 29.5 Å². The van der Waals surface area contributed by atoms with Crippen LogP contribution in [0.15, 0.2) is 35.4 Å². The van der Waals surface area contributed by atoms with Gasteiger partial charge in [0, 0.05) is 31.1 Å². The van der Waals surface area contributed by atoms with Crippen LogP contribution in [0.4, 0.5) is 0 Å². The van der Waals surface area contributed by atoms with Crippen molar-refractivity contribution in [3.63, 3.8) is 0 Å². The molecule has 4 rings (SSSR count). The lowest BCUT2D eigenvalue weighted by atomic mass is 9.85. The van der Waals surface area contributed by atoms with Crippen LogP contribution in [0.3, 0.4) is 0 Å². The van der Waals surface area contributed by atoms with Crippen LogP contribution in [-0.2, 0) is 19.4 Å². The first-order valence-corrected chi connectivity index (χ1v) is 14.4. The second kappa shape index (κ2) is 10.2. The fourth-order valence-corrected chi connectivity index (χ4v) is 6.36. The summed E-state index contributed by atoms with van der Waals surface area (Å²) in [4.78, 5) is 28.7. The van der Waals surface area contributed by atoms with E-state index in [9.17, 15) is 23.1 Å². The maximum atomic E-state index is 13.8. The third-order valence-corrected chi connectivity index (χ3v) is 8.87. The van der Waals surface area contributed by atoms with E-state index < -0.39 is 45.4 Å². The van der Waals surface area contributed by atoms with Gasteiger partial charge in [0.2, 0.25) is 11.8 Å². The van der Waals surface area contributed by atoms with Crippen molar-refractivity contribution in [2.45, 2.75) is 88.9 Å². The monoisotopic (exact) mass is 531 g/mol. The normalized spacial score (nSPS) is 22.1. The minimum absolute atomic E-state index is 0.0176. The second-order valence-corrected chi connectivity index (χ2v) is 13.6. The number of amides is 2. The molecule has 202 valence electrons. The van der Waals surface area contributed by atoms with Crippen LogP contribution in [0.25, 0.3) is 0 Å². The molecule has 1 unspecified atom stereocenters. The van der Waals surface area contributed by atoms with Crippen molar-refractivity contribution in [3.8, 4) is 0 Å². The Labute approximate surface area is 218 Å². The van der Waals surface area contributed by atoms with Gasteiger partial charge in [-0.15, -0.1) is 5.10 Å². The van der Waals surface area contributed by atoms with Gasteiger partial charge in [-0.05, 0) is 44.2 Å². The average molecular weight is 532 g/mol. The molecule has 37 heavy (non-hydrogen) atoms. The molecular formula is C26H37N5O5S. The predicted octanol–water partition coefficient (Wildman–Crippen LogP) is 1.99. The quantitative estimate of drug-likeness (QED) is 0.532. The summed E-state index contributed by atoms with van der Waals surface area (Å²) in [5, 5.41) is 21.6. The number of carbonyl (C=O) groups excluding carboxylic acids is 2. The molecule has 2 heterocycles. The van der Waals surface area contributed by atoms with Gasteiger partial charge in [-0.2, -0.15) is 0 Å². The molecule has 0 bridgehead atoms. The lowest BCUT2D eigenvalue weighted by molar-refractivity contribution is -0.144. The fraction of sp³-hybridized carbons (Fsp3) is 0.615. The number of carbonyl (C=O) groups is 2. The van der Waals surface area contributed by atoms with Gasteiger partial charge in [0.25, 0.3) is 0 Å². The number of sulfone groups is 1. The molecule has 4 atom stereocenters. The van der Waals surface area contributed by atoms with Crippen molar-refractivity contribution < 1.29 is 23.1 Å². The van der Waals surface area contributed by atoms with Gasteiger partial charge < -0.3 is 15.3 Å². The standard InChI is InChI=1S/C26H37N5O5S/c1-16-6-10-20(11-7-16)37(35,36)15-17(2)27-24(33)22-12-19(32)13-30(22)25(34)23(26(3,4)5)31-14-21(28-29-31)18-8-9-18/h6-7,10-11,14,17-19,22-23,32H,8-9,12-13,15H2,1-5H3,(H,27,33)/t17?,19-,22+,23-/m0/s1. The highest BCUT2D eigenvalue weighted by atomic mass is 32.2. The molecular weight excluding hydrogens is 494 g/mol.